The van der Waals surface area contributed by atoms with E-state index in [1.807, 2.05) is 0 Å². The summed E-state index contributed by atoms with van der Waals surface area (Å²) in [4.78, 5) is 23.2. The molecular weight excluding hydrogens is 316 g/mol. The molecule has 0 aliphatic rings. The van der Waals surface area contributed by atoms with Gasteiger partial charge in [0.05, 0.1) is 0 Å². The number of ether oxygens (including phenoxy) is 1. The van der Waals surface area contributed by atoms with Gasteiger partial charge in [0, 0.05) is 10.7 Å². The summed E-state index contributed by atoms with van der Waals surface area (Å²) in [6.45, 7) is -0.681. The number of carbonyl (C=O) groups is 2. The van der Waals surface area contributed by atoms with E-state index in [4.69, 9.17) is 11.6 Å². The second-order valence-corrected chi connectivity index (χ2v) is 4.67. The smallest absolute Gasteiger partial charge is 0.344 e. The van der Waals surface area contributed by atoms with E-state index in [1.54, 1.807) is 18.2 Å². The molecule has 0 atom stereocenters. The van der Waals surface area contributed by atoms with E-state index in [1.165, 1.54) is 6.07 Å². The molecule has 2 aromatic carbocycles. The van der Waals surface area contributed by atoms with Crippen molar-refractivity contribution in [2.75, 3.05) is 11.9 Å². The van der Waals surface area contributed by atoms with Crippen LogP contribution < -0.4 is 5.32 Å². The highest BCUT2D eigenvalue weighted by atomic mass is 35.5. The van der Waals surface area contributed by atoms with Gasteiger partial charge >= 0.3 is 5.97 Å². The van der Waals surface area contributed by atoms with Crippen molar-refractivity contribution in [1.29, 1.82) is 0 Å². The predicted octanol–water partition coefficient (Wildman–Crippen LogP) is 3.41. The molecule has 0 bridgehead atoms. The molecule has 2 aromatic rings. The number of hydrogen-bond donors (Lipinski definition) is 1. The van der Waals surface area contributed by atoms with Crippen LogP contribution in [-0.2, 0) is 9.53 Å². The molecule has 0 fully saturated rings. The lowest BCUT2D eigenvalue weighted by molar-refractivity contribution is -0.119. The fraction of sp³-hybridized carbons (Fsp3) is 0.0667. The van der Waals surface area contributed by atoms with E-state index in [0.717, 1.165) is 18.2 Å². The monoisotopic (exact) mass is 325 g/mol. The fourth-order valence-corrected chi connectivity index (χ4v) is 1.85. The lowest BCUT2D eigenvalue weighted by Crippen LogP contribution is -2.21. The van der Waals surface area contributed by atoms with Crippen molar-refractivity contribution in [3.8, 4) is 0 Å². The number of halogens is 3. The van der Waals surface area contributed by atoms with Crippen molar-refractivity contribution in [2.45, 2.75) is 0 Å². The molecule has 0 unspecified atom stereocenters. The zero-order valence-electron chi connectivity index (χ0n) is 11.1. The summed E-state index contributed by atoms with van der Waals surface area (Å²) < 4.78 is 31.3. The third-order valence-electron chi connectivity index (χ3n) is 2.61. The molecule has 0 saturated heterocycles. The number of nitrogens with one attached hydrogen (secondary N) is 1. The Morgan fingerprint density at radius 2 is 1.73 bits per heavy atom. The molecule has 0 spiro atoms. The number of carbonyl (C=O) groups excluding carboxylic acids is 2. The van der Waals surface area contributed by atoms with E-state index in [9.17, 15) is 18.4 Å². The Bertz CT molecular complexity index is 701. The molecule has 0 heterocycles. The molecule has 1 N–H and O–H groups in total. The summed E-state index contributed by atoms with van der Waals surface area (Å²) in [6.07, 6.45) is 0. The van der Waals surface area contributed by atoms with Crippen molar-refractivity contribution in [2.24, 2.45) is 0 Å². The first-order chi connectivity index (χ1) is 10.5. The molecule has 0 radical (unpaired) electrons. The van der Waals surface area contributed by atoms with Crippen molar-refractivity contribution in [3.63, 3.8) is 0 Å². The number of hydrogen-bond acceptors (Lipinski definition) is 3. The Hall–Kier alpha value is -2.47. The summed E-state index contributed by atoms with van der Waals surface area (Å²) in [5, 5.41) is 2.85. The second kappa shape index (κ2) is 7.00. The SMILES string of the molecule is O=C(COC(=O)c1c(F)cccc1F)Nc1cccc(Cl)c1. The van der Waals surface area contributed by atoms with Gasteiger partial charge in [0.15, 0.2) is 6.61 Å². The van der Waals surface area contributed by atoms with Crippen LogP contribution in [0.2, 0.25) is 5.02 Å². The molecule has 0 aliphatic carbocycles. The first kappa shape index (κ1) is 15.9. The normalized spacial score (nSPS) is 10.1. The minimum absolute atomic E-state index is 0.408. The zero-order valence-corrected chi connectivity index (χ0v) is 11.9. The Morgan fingerprint density at radius 3 is 2.36 bits per heavy atom. The van der Waals surface area contributed by atoms with Gasteiger partial charge in [-0.15, -0.1) is 0 Å². The van der Waals surface area contributed by atoms with Gasteiger partial charge in [-0.2, -0.15) is 0 Å². The van der Waals surface area contributed by atoms with Crippen LogP contribution in [0.1, 0.15) is 10.4 Å². The van der Waals surface area contributed by atoms with Gasteiger partial charge in [-0.1, -0.05) is 23.7 Å². The molecule has 7 heteroatoms. The maximum Gasteiger partial charge on any atom is 0.344 e. The Morgan fingerprint density at radius 1 is 1.09 bits per heavy atom. The Balaban J connectivity index is 1.95. The highest BCUT2D eigenvalue weighted by molar-refractivity contribution is 6.30. The molecule has 4 nitrogen and oxygen atoms in total. The number of esters is 1. The Kier molecular flexibility index (Phi) is 5.06. The van der Waals surface area contributed by atoms with Gasteiger partial charge in [-0.3, -0.25) is 4.79 Å². The van der Waals surface area contributed by atoms with Crippen LogP contribution in [0.4, 0.5) is 14.5 Å². The first-order valence-corrected chi connectivity index (χ1v) is 6.51. The highest BCUT2D eigenvalue weighted by Gasteiger charge is 2.19. The molecule has 1 amide bonds. The average molecular weight is 326 g/mol. The number of rotatable bonds is 4. The molecule has 114 valence electrons. The van der Waals surface area contributed by atoms with Crippen molar-refractivity contribution < 1.29 is 23.1 Å². The van der Waals surface area contributed by atoms with Crippen LogP contribution in [0.3, 0.4) is 0 Å². The van der Waals surface area contributed by atoms with Crippen LogP contribution in [0, 0.1) is 11.6 Å². The summed E-state index contributed by atoms with van der Waals surface area (Å²) in [6, 6.07) is 9.29. The second-order valence-electron chi connectivity index (χ2n) is 4.23. The van der Waals surface area contributed by atoms with Gasteiger partial charge in [0.25, 0.3) is 5.91 Å². The standard InChI is InChI=1S/C15H10ClF2NO3/c16-9-3-1-4-10(7-9)19-13(20)8-22-15(21)14-11(17)5-2-6-12(14)18/h1-7H,8H2,(H,19,20). The van der Waals surface area contributed by atoms with Gasteiger partial charge < -0.3 is 10.1 Å². The van der Waals surface area contributed by atoms with Gasteiger partial charge in [-0.05, 0) is 30.3 Å². The molecule has 2 rings (SSSR count). The summed E-state index contributed by atoms with van der Waals surface area (Å²) in [7, 11) is 0. The highest BCUT2D eigenvalue weighted by Crippen LogP contribution is 2.15. The molecule has 0 aromatic heterocycles. The Labute approximate surface area is 129 Å². The van der Waals surface area contributed by atoms with Crippen LogP contribution >= 0.6 is 11.6 Å². The molecule has 0 saturated carbocycles. The minimum Gasteiger partial charge on any atom is -0.452 e. The van der Waals surface area contributed by atoms with E-state index < -0.39 is 35.7 Å². The lowest BCUT2D eigenvalue weighted by Gasteiger charge is -2.08. The van der Waals surface area contributed by atoms with Crippen molar-refractivity contribution >= 4 is 29.2 Å². The van der Waals surface area contributed by atoms with Crippen molar-refractivity contribution in [3.05, 3.63) is 64.7 Å². The topological polar surface area (TPSA) is 55.4 Å². The van der Waals surface area contributed by atoms with Crippen molar-refractivity contribution in [1.82, 2.24) is 0 Å². The minimum atomic E-state index is -1.25. The van der Waals surface area contributed by atoms with Crippen LogP contribution in [0.25, 0.3) is 0 Å². The van der Waals surface area contributed by atoms with E-state index in [0.29, 0.717) is 10.7 Å². The predicted molar refractivity (Wildman–Crippen MR) is 76.7 cm³/mol. The first-order valence-electron chi connectivity index (χ1n) is 6.14. The fourth-order valence-electron chi connectivity index (χ4n) is 1.66. The van der Waals surface area contributed by atoms with E-state index >= 15 is 0 Å². The number of benzene rings is 2. The van der Waals surface area contributed by atoms with Crippen LogP contribution in [0.5, 0.6) is 0 Å². The third kappa shape index (κ3) is 4.02. The third-order valence-corrected chi connectivity index (χ3v) is 2.84. The van der Waals surface area contributed by atoms with Gasteiger partial charge in [0.2, 0.25) is 0 Å². The maximum atomic E-state index is 13.4. The van der Waals surface area contributed by atoms with Crippen LogP contribution in [0.15, 0.2) is 42.5 Å². The average Bonchev–Trinajstić information content (AvgIpc) is 2.45. The summed E-state index contributed by atoms with van der Waals surface area (Å²) in [5.74, 6) is -4.02. The van der Waals surface area contributed by atoms with Gasteiger partial charge in [0.1, 0.15) is 17.2 Å². The van der Waals surface area contributed by atoms with Crippen LogP contribution in [-0.4, -0.2) is 18.5 Å². The summed E-state index contributed by atoms with van der Waals surface area (Å²) >= 11 is 5.75. The molecular formula is C15H10ClF2NO3. The van der Waals surface area contributed by atoms with E-state index in [-0.39, 0.29) is 0 Å². The molecule has 0 aliphatic heterocycles. The number of anilines is 1. The largest absolute Gasteiger partial charge is 0.452 e. The number of amides is 1. The van der Waals surface area contributed by atoms with Gasteiger partial charge in [-0.25, -0.2) is 13.6 Å². The molecule has 22 heavy (non-hydrogen) atoms. The quantitative estimate of drug-likeness (QED) is 0.876. The van der Waals surface area contributed by atoms with E-state index in [2.05, 4.69) is 10.1 Å². The maximum absolute atomic E-state index is 13.4. The zero-order chi connectivity index (χ0) is 16.1. The lowest BCUT2D eigenvalue weighted by atomic mass is 10.2. The summed E-state index contributed by atoms with van der Waals surface area (Å²) in [5.41, 5.74) is -0.427.